The Labute approximate surface area is 186 Å². The third kappa shape index (κ3) is 5.97. The van der Waals surface area contributed by atoms with Gasteiger partial charge in [-0.1, -0.05) is 37.3 Å². The predicted molar refractivity (Wildman–Crippen MR) is 114 cm³/mol. The molecule has 0 radical (unpaired) electrons. The average Bonchev–Trinajstić information content (AvgIpc) is 2.77. The molecule has 176 valence electrons. The van der Waals surface area contributed by atoms with Gasteiger partial charge >= 0.3 is 0 Å². The highest BCUT2D eigenvalue weighted by atomic mass is 32.2. The minimum atomic E-state index is -1.50. The van der Waals surface area contributed by atoms with E-state index in [1.165, 1.54) is 11.8 Å². The summed E-state index contributed by atoms with van der Waals surface area (Å²) in [6.45, 7) is 4.00. The number of ether oxygens (including phenoxy) is 4. The molecule has 6 N–H and O–H groups in total. The SMILES string of the molecule is CCSC1OC(COCc2ccccc2)C(OC2OC(C)C(O)C(O)C2O)C(O)C1N. The van der Waals surface area contributed by atoms with Crippen LogP contribution in [0.5, 0.6) is 0 Å². The van der Waals surface area contributed by atoms with Crippen molar-refractivity contribution in [2.75, 3.05) is 12.4 Å². The smallest absolute Gasteiger partial charge is 0.187 e. The van der Waals surface area contributed by atoms with E-state index in [0.717, 1.165) is 11.3 Å². The lowest BCUT2D eigenvalue weighted by Gasteiger charge is -2.46. The summed E-state index contributed by atoms with van der Waals surface area (Å²) in [5.74, 6) is 0.750. The highest BCUT2D eigenvalue weighted by Gasteiger charge is 2.49. The van der Waals surface area contributed by atoms with Gasteiger partial charge in [0.25, 0.3) is 0 Å². The number of benzene rings is 1. The normalized spacial score (nSPS) is 41.3. The molecule has 0 aromatic heterocycles. The molecule has 2 aliphatic heterocycles. The van der Waals surface area contributed by atoms with E-state index < -0.39 is 60.5 Å². The first-order valence-corrected chi connectivity index (χ1v) is 11.6. The van der Waals surface area contributed by atoms with Crippen LogP contribution in [0.25, 0.3) is 0 Å². The van der Waals surface area contributed by atoms with E-state index in [2.05, 4.69) is 0 Å². The number of rotatable bonds is 8. The Kier molecular flexibility index (Phi) is 9.11. The van der Waals surface area contributed by atoms with Crippen LogP contribution < -0.4 is 5.73 Å². The molecule has 0 amide bonds. The van der Waals surface area contributed by atoms with Crippen LogP contribution in [0.4, 0.5) is 0 Å². The van der Waals surface area contributed by atoms with Crippen molar-refractivity contribution in [3.8, 4) is 0 Å². The fraction of sp³-hybridized carbons (Fsp3) is 0.714. The van der Waals surface area contributed by atoms with Gasteiger partial charge in [0.2, 0.25) is 0 Å². The number of hydrogen-bond donors (Lipinski definition) is 5. The summed E-state index contributed by atoms with van der Waals surface area (Å²) in [6.07, 6.45) is -8.99. The lowest BCUT2D eigenvalue weighted by Crippen LogP contribution is -2.65. The predicted octanol–water partition coefficient (Wildman–Crippen LogP) is -0.418. The second-order valence-corrected chi connectivity index (χ2v) is 9.22. The number of hydrogen-bond acceptors (Lipinski definition) is 10. The molecule has 2 heterocycles. The monoisotopic (exact) mass is 459 g/mol. The summed E-state index contributed by atoms with van der Waals surface area (Å²) >= 11 is 1.48. The number of aliphatic hydroxyl groups is 4. The molecule has 0 bridgehead atoms. The Hall–Kier alpha value is -0.790. The summed E-state index contributed by atoms with van der Waals surface area (Å²) in [5, 5.41) is 41.2. The molecule has 10 unspecified atom stereocenters. The summed E-state index contributed by atoms with van der Waals surface area (Å²) in [5.41, 5.74) is 6.73. The molecule has 10 heteroatoms. The van der Waals surface area contributed by atoms with E-state index in [4.69, 9.17) is 24.7 Å². The zero-order valence-electron chi connectivity index (χ0n) is 17.7. The Morgan fingerprint density at radius 2 is 1.71 bits per heavy atom. The first kappa shape index (κ1) is 24.8. The zero-order chi connectivity index (χ0) is 22.5. The van der Waals surface area contributed by atoms with Crippen LogP contribution in [-0.2, 0) is 25.6 Å². The van der Waals surface area contributed by atoms with E-state index in [9.17, 15) is 20.4 Å². The average molecular weight is 460 g/mol. The van der Waals surface area contributed by atoms with E-state index in [0.29, 0.717) is 6.61 Å². The Morgan fingerprint density at radius 3 is 2.39 bits per heavy atom. The third-order valence-corrected chi connectivity index (χ3v) is 6.63. The second-order valence-electron chi connectivity index (χ2n) is 7.85. The molecule has 2 aliphatic rings. The van der Waals surface area contributed by atoms with Gasteiger partial charge in [-0.2, -0.15) is 0 Å². The van der Waals surface area contributed by atoms with Gasteiger partial charge in [-0.15, -0.1) is 11.8 Å². The fourth-order valence-corrected chi connectivity index (χ4v) is 4.64. The Morgan fingerprint density at radius 1 is 1.00 bits per heavy atom. The quantitative estimate of drug-likeness (QED) is 0.348. The van der Waals surface area contributed by atoms with Crippen molar-refractivity contribution >= 4 is 11.8 Å². The van der Waals surface area contributed by atoms with Gasteiger partial charge in [-0.05, 0) is 18.2 Å². The Bertz CT molecular complexity index is 670. The van der Waals surface area contributed by atoms with Crippen molar-refractivity contribution in [1.82, 2.24) is 0 Å². The van der Waals surface area contributed by atoms with Crippen LogP contribution in [0.3, 0.4) is 0 Å². The van der Waals surface area contributed by atoms with Gasteiger partial charge in [0.15, 0.2) is 6.29 Å². The van der Waals surface area contributed by atoms with Gasteiger partial charge in [0.1, 0.15) is 42.1 Å². The van der Waals surface area contributed by atoms with Gasteiger partial charge in [-0.25, -0.2) is 0 Å². The van der Waals surface area contributed by atoms with E-state index in [1.54, 1.807) is 6.92 Å². The topological polar surface area (TPSA) is 144 Å². The Balaban J connectivity index is 1.70. The van der Waals surface area contributed by atoms with Crippen molar-refractivity contribution in [1.29, 1.82) is 0 Å². The van der Waals surface area contributed by atoms with E-state index in [1.807, 2.05) is 37.3 Å². The molecule has 1 aromatic carbocycles. The second kappa shape index (κ2) is 11.4. The van der Waals surface area contributed by atoms with Crippen LogP contribution in [0.1, 0.15) is 19.4 Å². The minimum Gasteiger partial charge on any atom is -0.389 e. The molecular formula is C21H33NO8S. The molecule has 10 atom stereocenters. The van der Waals surface area contributed by atoms with Gasteiger partial charge in [0.05, 0.1) is 25.4 Å². The summed E-state index contributed by atoms with van der Waals surface area (Å²) < 4.78 is 23.3. The van der Waals surface area contributed by atoms with Crippen LogP contribution in [0.2, 0.25) is 0 Å². The maximum absolute atomic E-state index is 10.9. The fourth-order valence-electron chi connectivity index (χ4n) is 3.71. The number of thioether (sulfide) groups is 1. The van der Waals surface area contributed by atoms with Crippen molar-refractivity contribution in [2.24, 2.45) is 5.73 Å². The first-order valence-electron chi connectivity index (χ1n) is 10.5. The molecule has 31 heavy (non-hydrogen) atoms. The van der Waals surface area contributed by atoms with Gasteiger partial charge in [-0.3, -0.25) is 0 Å². The van der Waals surface area contributed by atoms with Crippen molar-refractivity contribution < 1.29 is 39.4 Å². The maximum atomic E-state index is 10.9. The molecule has 2 fully saturated rings. The van der Waals surface area contributed by atoms with Crippen LogP contribution in [0.15, 0.2) is 30.3 Å². The first-order chi connectivity index (χ1) is 14.8. The van der Waals surface area contributed by atoms with Crippen LogP contribution >= 0.6 is 11.8 Å². The standard InChI is InChI=1S/C21H33NO8S/c1-3-31-21-14(22)16(24)19(30-20-18(26)17(25)15(23)11(2)28-20)13(29-21)10-27-9-12-7-5-4-6-8-12/h4-8,11,13-21,23-26H,3,9-10,22H2,1-2H3. The van der Waals surface area contributed by atoms with Gasteiger partial charge in [0, 0.05) is 0 Å². The number of aliphatic hydroxyl groups excluding tert-OH is 4. The van der Waals surface area contributed by atoms with E-state index >= 15 is 0 Å². The van der Waals surface area contributed by atoms with Crippen LogP contribution in [0, 0.1) is 0 Å². The highest BCUT2D eigenvalue weighted by Crippen LogP contribution is 2.32. The minimum absolute atomic E-state index is 0.119. The van der Waals surface area contributed by atoms with Crippen molar-refractivity contribution in [3.63, 3.8) is 0 Å². The van der Waals surface area contributed by atoms with Crippen LogP contribution in [-0.4, -0.2) is 93.3 Å². The molecule has 0 saturated carbocycles. The molecular weight excluding hydrogens is 426 g/mol. The zero-order valence-corrected chi connectivity index (χ0v) is 18.5. The number of nitrogens with two attached hydrogens (primary N) is 1. The molecule has 0 spiro atoms. The largest absolute Gasteiger partial charge is 0.389 e. The third-order valence-electron chi connectivity index (χ3n) is 5.54. The molecule has 2 saturated heterocycles. The van der Waals surface area contributed by atoms with Crippen molar-refractivity contribution in [3.05, 3.63) is 35.9 Å². The summed E-state index contributed by atoms with van der Waals surface area (Å²) in [4.78, 5) is 0. The molecule has 3 rings (SSSR count). The van der Waals surface area contributed by atoms with Gasteiger partial charge < -0.3 is 45.1 Å². The maximum Gasteiger partial charge on any atom is 0.187 e. The summed E-state index contributed by atoms with van der Waals surface area (Å²) in [7, 11) is 0. The highest BCUT2D eigenvalue weighted by molar-refractivity contribution is 7.99. The van der Waals surface area contributed by atoms with E-state index in [-0.39, 0.29) is 6.61 Å². The summed E-state index contributed by atoms with van der Waals surface area (Å²) in [6, 6.07) is 8.91. The molecule has 0 aliphatic carbocycles. The molecule has 1 aromatic rings. The lowest BCUT2D eigenvalue weighted by atomic mass is 9.97. The van der Waals surface area contributed by atoms with Crippen molar-refractivity contribution in [2.45, 2.75) is 80.9 Å². The molecule has 9 nitrogen and oxygen atoms in total. The lowest BCUT2D eigenvalue weighted by molar-refractivity contribution is -0.328.